The fourth-order valence-corrected chi connectivity index (χ4v) is 4.47. The third-order valence-corrected chi connectivity index (χ3v) is 6.20. The Morgan fingerprint density at radius 1 is 1.24 bits per heavy atom. The van der Waals surface area contributed by atoms with Gasteiger partial charge in [0.2, 0.25) is 0 Å². The molecule has 0 spiro atoms. The van der Waals surface area contributed by atoms with Gasteiger partial charge in [-0.15, -0.1) is 11.3 Å². The van der Waals surface area contributed by atoms with Crippen molar-refractivity contribution in [3.05, 3.63) is 29.1 Å². The first kappa shape index (κ1) is 19.5. The minimum atomic E-state index is -0.800. The van der Waals surface area contributed by atoms with Gasteiger partial charge in [0.15, 0.2) is 0 Å². The van der Waals surface area contributed by atoms with Gasteiger partial charge >= 0.3 is 5.97 Å². The Morgan fingerprint density at radius 3 is 2.66 bits per heavy atom. The van der Waals surface area contributed by atoms with Crippen LogP contribution < -0.4 is 5.32 Å². The molecule has 0 unspecified atom stereocenters. The maximum atomic E-state index is 11.4. The first-order valence-electron chi connectivity index (χ1n) is 9.45. The van der Waals surface area contributed by atoms with Crippen molar-refractivity contribution in [2.45, 2.75) is 13.8 Å². The van der Waals surface area contributed by atoms with Gasteiger partial charge in [0.1, 0.15) is 22.3 Å². The molecule has 8 nitrogen and oxygen atoms in total. The standard InChI is InChI=1S/C20H24N4O4S/c1-20(2,19(27)28)11-23-5-7-24(8-6-23)17-16-15(26)10-29-18(16)22-14-9-12(25)3-4-13(14)21-17/h3-4,9-10,22,25-26H,5-8,11H2,1-2H3,(H,27,28). The number of piperazine rings is 1. The number of aliphatic carboxylic acids is 1. The van der Waals surface area contributed by atoms with Crippen LogP contribution in [-0.4, -0.2) is 69.6 Å². The van der Waals surface area contributed by atoms with Gasteiger partial charge in [0.05, 0.1) is 22.4 Å². The summed E-state index contributed by atoms with van der Waals surface area (Å²) in [6, 6.07) is 4.96. The van der Waals surface area contributed by atoms with Crippen LogP contribution in [0.1, 0.15) is 19.4 Å². The van der Waals surface area contributed by atoms with Crippen LogP contribution in [0.25, 0.3) is 0 Å². The predicted octanol–water partition coefficient (Wildman–Crippen LogP) is 3.02. The number of aliphatic imine (C=N–C) groups is 1. The molecule has 0 aliphatic carbocycles. The first-order valence-corrected chi connectivity index (χ1v) is 10.3. The molecular formula is C20H24N4O4S. The largest absolute Gasteiger partial charge is 0.508 e. The van der Waals surface area contributed by atoms with Gasteiger partial charge in [-0.3, -0.25) is 9.69 Å². The number of anilines is 2. The van der Waals surface area contributed by atoms with E-state index in [0.717, 1.165) is 5.00 Å². The molecule has 1 fully saturated rings. The monoisotopic (exact) mass is 416 g/mol. The lowest BCUT2D eigenvalue weighted by atomic mass is 9.93. The number of phenols is 1. The van der Waals surface area contributed by atoms with Crippen LogP contribution in [0.3, 0.4) is 0 Å². The van der Waals surface area contributed by atoms with E-state index in [1.807, 2.05) is 0 Å². The van der Waals surface area contributed by atoms with Crippen LogP contribution in [0, 0.1) is 5.41 Å². The van der Waals surface area contributed by atoms with Gasteiger partial charge < -0.3 is 25.5 Å². The molecule has 1 aromatic carbocycles. The summed E-state index contributed by atoms with van der Waals surface area (Å²) < 4.78 is 0. The summed E-state index contributed by atoms with van der Waals surface area (Å²) in [4.78, 5) is 20.5. The number of nitrogens with zero attached hydrogens (tertiary/aromatic N) is 3. The third-order valence-electron chi connectivity index (χ3n) is 5.32. The van der Waals surface area contributed by atoms with E-state index in [2.05, 4.69) is 15.1 Å². The molecule has 0 saturated carbocycles. The van der Waals surface area contributed by atoms with Crippen LogP contribution in [-0.2, 0) is 4.79 Å². The van der Waals surface area contributed by atoms with Crippen molar-refractivity contribution in [2.24, 2.45) is 10.4 Å². The van der Waals surface area contributed by atoms with E-state index >= 15 is 0 Å². The van der Waals surface area contributed by atoms with E-state index in [0.29, 0.717) is 55.5 Å². The number of hydrogen-bond donors (Lipinski definition) is 4. The molecule has 0 atom stereocenters. The highest BCUT2D eigenvalue weighted by Gasteiger charge is 2.33. The number of nitrogens with one attached hydrogen (secondary N) is 1. The second-order valence-electron chi connectivity index (χ2n) is 8.04. The summed E-state index contributed by atoms with van der Waals surface area (Å²) in [7, 11) is 0. The molecule has 2 aliphatic heterocycles. The molecule has 4 rings (SSSR count). The van der Waals surface area contributed by atoms with E-state index in [4.69, 9.17) is 4.99 Å². The lowest BCUT2D eigenvalue weighted by Gasteiger charge is -2.38. The van der Waals surface area contributed by atoms with Gasteiger partial charge in [-0.1, -0.05) is 0 Å². The summed E-state index contributed by atoms with van der Waals surface area (Å²) in [5.74, 6) is 0.203. The van der Waals surface area contributed by atoms with E-state index in [9.17, 15) is 20.1 Å². The van der Waals surface area contributed by atoms with Crippen molar-refractivity contribution in [1.29, 1.82) is 0 Å². The lowest BCUT2D eigenvalue weighted by Crippen LogP contribution is -2.52. The van der Waals surface area contributed by atoms with E-state index < -0.39 is 11.4 Å². The zero-order chi connectivity index (χ0) is 20.8. The SMILES string of the molecule is CC(C)(CN1CCN(C2=Nc3ccc(O)cc3Nc3scc(O)c32)CC1)C(=O)O. The highest BCUT2D eigenvalue weighted by Crippen LogP contribution is 2.43. The zero-order valence-electron chi connectivity index (χ0n) is 16.3. The highest BCUT2D eigenvalue weighted by molar-refractivity contribution is 7.15. The number of carboxylic acids is 1. The van der Waals surface area contributed by atoms with Crippen molar-refractivity contribution >= 4 is 39.5 Å². The molecule has 0 amide bonds. The van der Waals surface area contributed by atoms with Crippen LogP contribution in [0.15, 0.2) is 28.6 Å². The van der Waals surface area contributed by atoms with Crippen molar-refractivity contribution in [1.82, 2.24) is 9.80 Å². The average molecular weight is 417 g/mol. The van der Waals surface area contributed by atoms with Crippen LogP contribution in [0.4, 0.5) is 16.4 Å². The molecule has 0 bridgehead atoms. The predicted molar refractivity (Wildman–Crippen MR) is 113 cm³/mol. The maximum absolute atomic E-state index is 11.4. The van der Waals surface area contributed by atoms with Gasteiger partial charge in [-0.05, 0) is 26.0 Å². The topological polar surface area (TPSA) is 109 Å². The van der Waals surface area contributed by atoms with Crippen molar-refractivity contribution in [2.75, 3.05) is 38.0 Å². The number of aromatic hydroxyl groups is 2. The second kappa shape index (κ2) is 7.23. The molecule has 2 aliphatic rings. The third kappa shape index (κ3) is 3.75. The number of thiophene rings is 1. The van der Waals surface area contributed by atoms with Crippen LogP contribution in [0.2, 0.25) is 0 Å². The fourth-order valence-electron chi connectivity index (χ4n) is 3.64. The highest BCUT2D eigenvalue weighted by atomic mass is 32.1. The lowest BCUT2D eigenvalue weighted by molar-refractivity contribution is -0.148. The molecule has 9 heteroatoms. The van der Waals surface area contributed by atoms with E-state index in [1.54, 1.807) is 37.4 Å². The number of fused-ring (bicyclic) bond motifs is 2. The summed E-state index contributed by atoms with van der Waals surface area (Å²) in [5.41, 5.74) is 1.23. The summed E-state index contributed by atoms with van der Waals surface area (Å²) in [5, 5.41) is 35.4. The Hall–Kier alpha value is -2.78. The smallest absolute Gasteiger partial charge is 0.310 e. The average Bonchev–Trinajstić information content (AvgIpc) is 2.93. The Labute approximate surface area is 172 Å². The minimum absolute atomic E-state index is 0.145. The van der Waals surface area contributed by atoms with Crippen molar-refractivity contribution in [3.63, 3.8) is 0 Å². The Kier molecular flexibility index (Phi) is 4.87. The van der Waals surface area contributed by atoms with E-state index in [1.165, 1.54) is 11.3 Å². The van der Waals surface area contributed by atoms with Gasteiger partial charge in [-0.25, -0.2) is 4.99 Å². The molecule has 0 radical (unpaired) electrons. The molecular weight excluding hydrogens is 392 g/mol. The number of amidine groups is 1. The number of carboxylic acid groups (broad SMARTS) is 1. The Bertz CT molecular complexity index is 977. The van der Waals surface area contributed by atoms with Crippen LogP contribution in [0.5, 0.6) is 11.5 Å². The maximum Gasteiger partial charge on any atom is 0.310 e. The molecule has 1 aromatic heterocycles. The van der Waals surface area contributed by atoms with Crippen LogP contribution >= 0.6 is 11.3 Å². The number of phenolic OH excluding ortho intramolecular Hbond substituents is 1. The molecule has 3 heterocycles. The minimum Gasteiger partial charge on any atom is -0.508 e. The summed E-state index contributed by atoms with van der Waals surface area (Å²) in [6.07, 6.45) is 0. The summed E-state index contributed by atoms with van der Waals surface area (Å²) >= 11 is 1.39. The molecule has 29 heavy (non-hydrogen) atoms. The van der Waals surface area contributed by atoms with Crippen molar-refractivity contribution < 1.29 is 20.1 Å². The van der Waals surface area contributed by atoms with E-state index in [-0.39, 0.29) is 11.5 Å². The Morgan fingerprint density at radius 2 is 1.97 bits per heavy atom. The van der Waals surface area contributed by atoms with Gasteiger partial charge in [0.25, 0.3) is 0 Å². The van der Waals surface area contributed by atoms with Gasteiger partial charge in [0, 0.05) is 44.2 Å². The number of rotatable bonds is 3. The summed E-state index contributed by atoms with van der Waals surface area (Å²) in [6.45, 7) is 6.75. The quantitative estimate of drug-likeness (QED) is 0.609. The Balaban J connectivity index is 1.60. The fraction of sp³-hybridized carbons (Fsp3) is 0.400. The van der Waals surface area contributed by atoms with Crippen molar-refractivity contribution in [3.8, 4) is 11.5 Å². The molecule has 2 aromatic rings. The normalized spacial score (nSPS) is 17.0. The number of carbonyl (C=O) groups is 1. The number of benzene rings is 1. The second-order valence-corrected chi connectivity index (χ2v) is 8.92. The first-order chi connectivity index (χ1) is 13.7. The molecule has 1 saturated heterocycles. The zero-order valence-corrected chi connectivity index (χ0v) is 17.2. The molecule has 154 valence electrons. The van der Waals surface area contributed by atoms with Gasteiger partial charge in [-0.2, -0.15) is 0 Å². The molecule has 4 N–H and O–H groups in total. The number of hydrogen-bond acceptors (Lipinski definition) is 8.